The van der Waals surface area contributed by atoms with Crippen molar-refractivity contribution in [2.24, 2.45) is 0 Å². The van der Waals surface area contributed by atoms with Crippen molar-refractivity contribution in [2.75, 3.05) is 0 Å². The van der Waals surface area contributed by atoms with E-state index in [2.05, 4.69) is 40.7 Å². The first-order chi connectivity index (χ1) is 8.19. The summed E-state index contributed by atoms with van der Waals surface area (Å²) in [5.41, 5.74) is 2.59. The second-order valence-electron chi connectivity index (χ2n) is 4.65. The van der Waals surface area contributed by atoms with Crippen molar-refractivity contribution < 1.29 is 0 Å². The molecule has 0 radical (unpaired) electrons. The van der Waals surface area contributed by atoms with Crippen LogP contribution in [0, 0.1) is 0 Å². The molecule has 4 nitrogen and oxygen atoms in total. The molecule has 0 aliphatic carbocycles. The van der Waals surface area contributed by atoms with Crippen molar-refractivity contribution in [2.45, 2.75) is 45.4 Å². The van der Waals surface area contributed by atoms with Gasteiger partial charge in [0.2, 0.25) is 0 Å². The summed E-state index contributed by atoms with van der Waals surface area (Å²) >= 11 is 0. The molecular formula is C13H18N4. The summed E-state index contributed by atoms with van der Waals surface area (Å²) in [7, 11) is 0. The first-order valence-electron chi connectivity index (χ1n) is 6.13. The van der Waals surface area contributed by atoms with Gasteiger partial charge in [0.1, 0.15) is 11.8 Å². The van der Waals surface area contributed by atoms with E-state index in [1.165, 1.54) is 6.33 Å². The minimum Gasteiger partial charge on any atom is -0.246 e. The van der Waals surface area contributed by atoms with Crippen LogP contribution >= 0.6 is 0 Å². The monoisotopic (exact) mass is 230 g/mol. The van der Waals surface area contributed by atoms with Crippen molar-refractivity contribution >= 4 is 11.2 Å². The molecule has 2 rings (SSSR count). The van der Waals surface area contributed by atoms with Crippen molar-refractivity contribution in [1.29, 1.82) is 0 Å². The summed E-state index contributed by atoms with van der Waals surface area (Å²) in [6, 6.07) is 0. The van der Waals surface area contributed by atoms with Crippen molar-refractivity contribution in [3.63, 3.8) is 0 Å². The number of fused-ring (bicyclic) bond motifs is 1. The highest BCUT2D eigenvalue weighted by Gasteiger charge is 2.25. The summed E-state index contributed by atoms with van der Waals surface area (Å²) in [5.74, 6) is 0. The molecular weight excluding hydrogens is 212 g/mol. The van der Waals surface area contributed by atoms with Crippen LogP contribution in [0.4, 0.5) is 0 Å². The Morgan fingerprint density at radius 1 is 1.18 bits per heavy atom. The third-order valence-electron chi connectivity index (χ3n) is 3.42. The Labute approximate surface area is 102 Å². The molecule has 0 spiro atoms. The molecule has 2 aromatic heterocycles. The van der Waals surface area contributed by atoms with E-state index >= 15 is 0 Å². The van der Waals surface area contributed by atoms with Gasteiger partial charge in [0.05, 0.1) is 18.1 Å². The molecule has 0 saturated carbocycles. The van der Waals surface area contributed by atoms with E-state index in [0.717, 1.165) is 30.5 Å². The van der Waals surface area contributed by atoms with Crippen molar-refractivity contribution in [1.82, 2.24) is 19.9 Å². The predicted octanol–water partition coefficient (Wildman–Crippen LogP) is 2.89. The van der Waals surface area contributed by atoms with Crippen LogP contribution in [0.3, 0.4) is 0 Å². The number of hydrogen-bond donors (Lipinski definition) is 0. The number of hydrogen-bond acceptors (Lipinski definition) is 4. The molecule has 1 unspecified atom stereocenters. The van der Waals surface area contributed by atoms with Crippen molar-refractivity contribution in [3.8, 4) is 0 Å². The van der Waals surface area contributed by atoms with E-state index in [1.54, 1.807) is 6.20 Å². The molecule has 0 bridgehead atoms. The van der Waals surface area contributed by atoms with E-state index in [-0.39, 0.29) is 5.41 Å². The van der Waals surface area contributed by atoms with Gasteiger partial charge in [-0.1, -0.05) is 27.2 Å². The molecule has 0 aliphatic rings. The highest BCUT2D eigenvalue weighted by molar-refractivity contribution is 5.67. The van der Waals surface area contributed by atoms with Gasteiger partial charge in [0, 0.05) is 5.41 Å². The van der Waals surface area contributed by atoms with E-state index in [9.17, 15) is 0 Å². The van der Waals surface area contributed by atoms with Crippen LogP contribution in [-0.2, 0) is 5.41 Å². The minimum absolute atomic E-state index is 0.103. The predicted molar refractivity (Wildman–Crippen MR) is 67.7 cm³/mol. The maximum Gasteiger partial charge on any atom is 0.181 e. The van der Waals surface area contributed by atoms with Gasteiger partial charge in [-0.15, -0.1) is 0 Å². The fraction of sp³-hybridized carbons (Fsp3) is 0.538. The summed E-state index contributed by atoms with van der Waals surface area (Å²) in [5, 5.41) is 0. The molecule has 0 fully saturated rings. The lowest BCUT2D eigenvalue weighted by atomic mass is 9.80. The lowest BCUT2D eigenvalue weighted by molar-refractivity contribution is 0.402. The molecule has 4 heteroatoms. The molecule has 17 heavy (non-hydrogen) atoms. The number of rotatable bonds is 4. The molecule has 0 amide bonds. The zero-order valence-electron chi connectivity index (χ0n) is 10.6. The van der Waals surface area contributed by atoms with Crippen LogP contribution in [0.5, 0.6) is 0 Å². The maximum atomic E-state index is 4.65. The summed E-state index contributed by atoms with van der Waals surface area (Å²) in [6.07, 6.45) is 8.42. The molecule has 2 aromatic rings. The molecule has 90 valence electrons. The van der Waals surface area contributed by atoms with E-state index < -0.39 is 0 Å². The summed E-state index contributed by atoms with van der Waals surface area (Å²) in [6.45, 7) is 6.64. The van der Waals surface area contributed by atoms with Crippen LogP contribution in [0.25, 0.3) is 11.2 Å². The zero-order valence-corrected chi connectivity index (χ0v) is 10.6. The van der Waals surface area contributed by atoms with Gasteiger partial charge in [0.25, 0.3) is 0 Å². The second kappa shape index (κ2) is 4.73. The van der Waals surface area contributed by atoms with Crippen LogP contribution in [0.2, 0.25) is 0 Å². The highest BCUT2D eigenvalue weighted by atomic mass is 14.9. The Bertz CT molecular complexity index is 512. The minimum atomic E-state index is 0.103. The van der Waals surface area contributed by atoms with E-state index in [1.807, 2.05) is 6.20 Å². The van der Waals surface area contributed by atoms with Crippen LogP contribution in [0.1, 0.15) is 45.7 Å². The van der Waals surface area contributed by atoms with Crippen LogP contribution in [-0.4, -0.2) is 19.9 Å². The Balaban J connectivity index is 2.47. The van der Waals surface area contributed by atoms with Gasteiger partial charge in [-0.3, -0.25) is 0 Å². The normalized spacial score (nSPS) is 14.8. The van der Waals surface area contributed by atoms with Gasteiger partial charge < -0.3 is 0 Å². The second-order valence-corrected chi connectivity index (χ2v) is 4.65. The first-order valence-corrected chi connectivity index (χ1v) is 6.13. The molecule has 2 heterocycles. The maximum absolute atomic E-state index is 4.65. The average Bonchev–Trinajstić information content (AvgIpc) is 2.38. The van der Waals surface area contributed by atoms with Crippen LogP contribution < -0.4 is 0 Å². The Morgan fingerprint density at radius 3 is 2.71 bits per heavy atom. The molecule has 0 aliphatic heterocycles. The SMILES string of the molecule is CCCC(C)(CC)c1cnc2ncncc2n1. The largest absolute Gasteiger partial charge is 0.246 e. The smallest absolute Gasteiger partial charge is 0.181 e. The van der Waals surface area contributed by atoms with Gasteiger partial charge >= 0.3 is 0 Å². The number of nitrogens with zero attached hydrogens (tertiary/aromatic N) is 4. The van der Waals surface area contributed by atoms with Gasteiger partial charge in [0.15, 0.2) is 5.65 Å². The topological polar surface area (TPSA) is 51.6 Å². The van der Waals surface area contributed by atoms with Gasteiger partial charge in [-0.2, -0.15) is 0 Å². The standard InChI is InChI=1S/C13H18N4/c1-4-6-13(3,5-2)11-8-15-12-10(17-11)7-14-9-16-12/h7-9H,4-6H2,1-3H3. The Kier molecular flexibility index (Phi) is 3.31. The fourth-order valence-corrected chi connectivity index (χ4v) is 2.10. The Hall–Kier alpha value is -1.58. The lowest BCUT2D eigenvalue weighted by Gasteiger charge is -2.26. The van der Waals surface area contributed by atoms with Crippen molar-refractivity contribution in [3.05, 3.63) is 24.4 Å². The third kappa shape index (κ3) is 2.25. The van der Waals surface area contributed by atoms with E-state index in [4.69, 9.17) is 0 Å². The van der Waals surface area contributed by atoms with Gasteiger partial charge in [-0.05, 0) is 12.8 Å². The third-order valence-corrected chi connectivity index (χ3v) is 3.42. The van der Waals surface area contributed by atoms with Crippen LogP contribution in [0.15, 0.2) is 18.7 Å². The average molecular weight is 230 g/mol. The fourth-order valence-electron chi connectivity index (χ4n) is 2.10. The van der Waals surface area contributed by atoms with E-state index in [0.29, 0.717) is 5.65 Å². The molecule has 0 N–H and O–H groups in total. The quantitative estimate of drug-likeness (QED) is 0.810. The number of aromatic nitrogens is 4. The lowest BCUT2D eigenvalue weighted by Crippen LogP contribution is -2.22. The molecule has 0 saturated heterocycles. The summed E-state index contributed by atoms with van der Waals surface area (Å²) in [4.78, 5) is 17.1. The molecule has 1 atom stereocenters. The zero-order chi connectivity index (χ0) is 12.3. The first kappa shape index (κ1) is 11.9. The van der Waals surface area contributed by atoms with Gasteiger partial charge in [-0.25, -0.2) is 19.9 Å². The molecule has 0 aromatic carbocycles. The Morgan fingerprint density at radius 2 is 2.00 bits per heavy atom. The summed E-state index contributed by atoms with van der Waals surface area (Å²) < 4.78 is 0. The highest BCUT2D eigenvalue weighted by Crippen LogP contribution is 2.31.